The highest BCUT2D eigenvalue weighted by Crippen LogP contribution is 2.08. The van der Waals surface area contributed by atoms with Gasteiger partial charge >= 0.3 is 0 Å². The standard InChI is InChI=1S/C11H12ClF2NO/c12-5-3-11(16)15-6-4-8-1-2-9(13)10(14)7-8/h1-2,7H,3-6H2,(H,15,16). The van der Waals surface area contributed by atoms with Crippen LogP contribution in [0.15, 0.2) is 18.2 Å². The number of nitrogens with one attached hydrogen (secondary N) is 1. The van der Waals surface area contributed by atoms with Gasteiger partial charge in [-0.1, -0.05) is 6.07 Å². The zero-order chi connectivity index (χ0) is 12.0. The fourth-order valence-corrected chi connectivity index (χ4v) is 1.39. The molecule has 0 heterocycles. The van der Waals surface area contributed by atoms with Crippen LogP contribution in [0.4, 0.5) is 8.78 Å². The van der Waals surface area contributed by atoms with Crippen molar-refractivity contribution in [1.82, 2.24) is 5.32 Å². The Morgan fingerprint density at radius 1 is 1.31 bits per heavy atom. The molecule has 0 aliphatic carbocycles. The second kappa shape index (κ2) is 6.43. The number of hydrogen-bond donors (Lipinski definition) is 1. The van der Waals surface area contributed by atoms with Gasteiger partial charge in [0.05, 0.1) is 0 Å². The third-order valence-electron chi connectivity index (χ3n) is 2.04. The van der Waals surface area contributed by atoms with Gasteiger partial charge in [-0.2, -0.15) is 0 Å². The lowest BCUT2D eigenvalue weighted by atomic mass is 10.1. The molecule has 0 bridgehead atoms. The predicted octanol–water partition coefficient (Wildman–Crippen LogP) is 2.25. The lowest BCUT2D eigenvalue weighted by Gasteiger charge is -2.04. The van der Waals surface area contributed by atoms with Gasteiger partial charge in [0.15, 0.2) is 11.6 Å². The Morgan fingerprint density at radius 3 is 2.69 bits per heavy atom. The summed E-state index contributed by atoms with van der Waals surface area (Å²) in [6.07, 6.45) is 0.727. The molecule has 5 heteroatoms. The first-order valence-corrected chi connectivity index (χ1v) is 5.43. The molecular weight excluding hydrogens is 236 g/mol. The van der Waals surface area contributed by atoms with Crippen LogP contribution >= 0.6 is 11.6 Å². The third kappa shape index (κ3) is 4.14. The molecule has 0 saturated heterocycles. The third-order valence-corrected chi connectivity index (χ3v) is 2.23. The number of carbonyl (C=O) groups is 1. The Bertz CT molecular complexity index is 371. The monoisotopic (exact) mass is 247 g/mol. The van der Waals surface area contributed by atoms with E-state index in [0.29, 0.717) is 18.5 Å². The van der Waals surface area contributed by atoms with Gasteiger partial charge in [-0.3, -0.25) is 4.79 Å². The van der Waals surface area contributed by atoms with Crippen LogP contribution in [0, 0.1) is 11.6 Å². The highest BCUT2D eigenvalue weighted by atomic mass is 35.5. The molecule has 0 unspecified atom stereocenters. The molecule has 0 aromatic heterocycles. The van der Waals surface area contributed by atoms with Gasteiger partial charge in [-0.05, 0) is 24.1 Å². The molecule has 0 saturated carbocycles. The molecule has 1 aromatic rings. The fraction of sp³-hybridized carbons (Fsp3) is 0.364. The molecule has 0 radical (unpaired) electrons. The zero-order valence-corrected chi connectivity index (χ0v) is 9.36. The van der Waals surface area contributed by atoms with E-state index in [2.05, 4.69) is 5.32 Å². The lowest BCUT2D eigenvalue weighted by Crippen LogP contribution is -2.25. The number of carbonyl (C=O) groups excluding carboxylic acids is 1. The van der Waals surface area contributed by atoms with Crippen LogP contribution in [0.1, 0.15) is 12.0 Å². The Morgan fingerprint density at radius 2 is 2.06 bits per heavy atom. The minimum atomic E-state index is -0.871. The first kappa shape index (κ1) is 12.9. The van der Waals surface area contributed by atoms with Gasteiger partial charge < -0.3 is 5.32 Å². The van der Waals surface area contributed by atoms with Crippen LogP contribution in [-0.4, -0.2) is 18.3 Å². The maximum absolute atomic E-state index is 12.8. The van der Waals surface area contributed by atoms with Gasteiger partial charge in [0, 0.05) is 18.8 Å². The number of halogens is 3. The summed E-state index contributed by atoms with van der Waals surface area (Å²) in [6.45, 7) is 0.390. The summed E-state index contributed by atoms with van der Waals surface area (Å²) in [7, 11) is 0. The predicted molar refractivity (Wildman–Crippen MR) is 58.4 cm³/mol. The van der Waals surface area contributed by atoms with E-state index in [1.807, 2.05) is 0 Å². The summed E-state index contributed by atoms with van der Waals surface area (Å²) in [4.78, 5) is 11.0. The minimum Gasteiger partial charge on any atom is -0.356 e. The van der Waals surface area contributed by atoms with Gasteiger partial charge in [0.25, 0.3) is 0 Å². The van der Waals surface area contributed by atoms with Gasteiger partial charge in [-0.25, -0.2) is 8.78 Å². The molecule has 16 heavy (non-hydrogen) atoms. The van der Waals surface area contributed by atoms with E-state index in [1.54, 1.807) is 0 Å². The number of benzene rings is 1. The van der Waals surface area contributed by atoms with Crippen molar-refractivity contribution in [1.29, 1.82) is 0 Å². The second-order valence-corrected chi connectivity index (χ2v) is 3.67. The molecule has 1 rings (SSSR count). The maximum atomic E-state index is 12.8. The molecule has 2 nitrogen and oxygen atoms in total. The van der Waals surface area contributed by atoms with Crippen LogP contribution in [-0.2, 0) is 11.2 Å². The first-order valence-electron chi connectivity index (χ1n) is 4.90. The maximum Gasteiger partial charge on any atom is 0.221 e. The number of hydrogen-bond acceptors (Lipinski definition) is 1. The average molecular weight is 248 g/mol. The van der Waals surface area contributed by atoms with Crippen LogP contribution in [0.25, 0.3) is 0 Å². The van der Waals surface area contributed by atoms with Crippen LogP contribution in [0.5, 0.6) is 0 Å². The normalized spacial score (nSPS) is 10.2. The quantitative estimate of drug-likeness (QED) is 0.795. The smallest absolute Gasteiger partial charge is 0.221 e. The van der Waals surface area contributed by atoms with E-state index in [-0.39, 0.29) is 18.2 Å². The molecule has 0 aliphatic heterocycles. The summed E-state index contributed by atoms with van der Waals surface area (Å²) >= 11 is 5.38. The minimum absolute atomic E-state index is 0.141. The lowest BCUT2D eigenvalue weighted by molar-refractivity contribution is -0.120. The molecular formula is C11H12ClF2NO. The molecule has 0 aliphatic rings. The van der Waals surface area contributed by atoms with Gasteiger partial charge in [0.2, 0.25) is 5.91 Å². The van der Waals surface area contributed by atoms with Crippen molar-refractivity contribution in [2.45, 2.75) is 12.8 Å². The van der Waals surface area contributed by atoms with Gasteiger partial charge in [-0.15, -0.1) is 11.6 Å². The molecule has 88 valence electrons. The number of alkyl halides is 1. The summed E-state index contributed by atoms with van der Waals surface area (Å²) < 4.78 is 25.4. The highest BCUT2D eigenvalue weighted by molar-refractivity contribution is 6.18. The van der Waals surface area contributed by atoms with Crippen molar-refractivity contribution in [2.24, 2.45) is 0 Å². The second-order valence-electron chi connectivity index (χ2n) is 3.29. The van der Waals surface area contributed by atoms with E-state index in [4.69, 9.17) is 11.6 Å². The average Bonchev–Trinajstić information content (AvgIpc) is 2.24. The number of amides is 1. The SMILES string of the molecule is O=C(CCCl)NCCc1ccc(F)c(F)c1. The zero-order valence-electron chi connectivity index (χ0n) is 8.60. The van der Waals surface area contributed by atoms with Crippen LogP contribution in [0.2, 0.25) is 0 Å². The molecule has 1 amide bonds. The van der Waals surface area contributed by atoms with Crippen molar-refractivity contribution in [3.8, 4) is 0 Å². The van der Waals surface area contributed by atoms with Crippen molar-refractivity contribution in [3.63, 3.8) is 0 Å². The molecule has 1 N–H and O–H groups in total. The first-order chi connectivity index (χ1) is 7.63. The van der Waals surface area contributed by atoms with Crippen molar-refractivity contribution in [3.05, 3.63) is 35.4 Å². The van der Waals surface area contributed by atoms with E-state index >= 15 is 0 Å². The highest BCUT2D eigenvalue weighted by Gasteiger charge is 2.03. The van der Waals surface area contributed by atoms with Crippen molar-refractivity contribution < 1.29 is 13.6 Å². The Balaban J connectivity index is 2.37. The summed E-state index contributed by atoms with van der Waals surface area (Å²) in [5.74, 6) is -1.60. The Hall–Kier alpha value is -1.16. The largest absolute Gasteiger partial charge is 0.356 e. The molecule has 0 atom stereocenters. The summed E-state index contributed by atoms with van der Waals surface area (Å²) in [5.41, 5.74) is 0.644. The molecule has 1 aromatic carbocycles. The van der Waals surface area contributed by atoms with Gasteiger partial charge in [0.1, 0.15) is 0 Å². The molecule has 0 spiro atoms. The fourth-order valence-electron chi connectivity index (χ4n) is 1.22. The topological polar surface area (TPSA) is 29.1 Å². The van der Waals surface area contributed by atoms with Crippen molar-refractivity contribution in [2.75, 3.05) is 12.4 Å². The van der Waals surface area contributed by atoms with E-state index < -0.39 is 11.6 Å². The van der Waals surface area contributed by atoms with Crippen LogP contribution in [0.3, 0.4) is 0 Å². The van der Waals surface area contributed by atoms with E-state index in [1.165, 1.54) is 6.07 Å². The van der Waals surface area contributed by atoms with E-state index in [0.717, 1.165) is 12.1 Å². The van der Waals surface area contributed by atoms with E-state index in [9.17, 15) is 13.6 Å². The number of rotatable bonds is 5. The van der Waals surface area contributed by atoms with Crippen LogP contribution < -0.4 is 5.32 Å². The Kier molecular flexibility index (Phi) is 5.19. The Labute approximate surface area is 97.6 Å². The summed E-state index contributed by atoms with van der Waals surface area (Å²) in [6, 6.07) is 3.69. The summed E-state index contributed by atoms with van der Waals surface area (Å²) in [5, 5.41) is 2.63. The molecule has 0 fully saturated rings. The van der Waals surface area contributed by atoms with Crippen molar-refractivity contribution >= 4 is 17.5 Å².